The molecule has 0 heterocycles. The van der Waals surface area contributed by atoms with Gasteiger partial charge in [0.15, 0.2) is 0 Å². The molecule has 0 saturated heterocycles. The Morgan fingerprint density at radius 1 is 1.19 bits per heavy atom. The molecule has 0 spiro atoms. The molecule has 0 atom stereocenters. The van der Waals surface area contributed by atoms with Crippen molar-refractivity contribution in [3.05, 3.63) is 51.5 Å². The third-order valence-corrected chi connectivity index (χ3v) is 3.70. The Kier molecular flexibility index (Phi) is 4.53. The molecule has 0 bridgehead atoms. The zero-order valence-electron chi connectivity index (χ0n) is 12.1. The summed E-state index contributed by atoms with van der Waals surface area (Å²) in [5.74, 6) is 0.719. The summed E-state index contributed by atoms with van der Waals surface area (Å²) in [4.78, 5) is 11.7. The van der Waals surface area contributed by atoms with Gasteiger partial charge in [-0.2, -0.15) is 0 Å². The molecule has 2 rings (SSSR count). The highest BCUT2D eigenvalue weighted by atomic mass is 79.9. The monoisotopic (exact) mass is 349 g/mol. The van der Waals surface area contributed by atoms with E-state index in [0.29, 0.717) is 22.7 Å². The molecular weight excluding hydrogens is 334 g/mol. The van der Waals surface area contributed by atoms with Crippen molar-refractivity contribution in [1.29, 1.82) is 0 Å². The van der Waals surface area contributed by atoms with E-state index in [0.717, 1.165) is 15.6 Å². The van der Waals surface area contributed by atoms with Crippen molar-refractivity contribution in [2.75, 3.05) is 12.8 Å². The van der Waals surface area contributed by atoms with Crippen LogP contribution in [-0.2, 0) is 4.74 Å². The van der Waals surface area contributed by atoms with Gasteiger partial charge in [-0.3, -0.25) is 0 Å². The molecular formula is C16H16BrNO3. The number of nitrogen functional groups attached to an aromatic ring is 1. The van der Waals surface area contributed by atoms with Gasteiger partial charge in [0.2, 0.25) is 0 Å². The molecule has 0 radical (unpaired) electrons. The summed E-state index contributed by atoms with van der Waals surface area (Å²) < 4.78 is 11.4. The van der Waals surface area contributed by atoms with Gasteiger partial charge in [0.1, 0.15) is 11.5 Å². The van der Waals surface area contributed by atoms with Gasteiger partial charge < -0.3 is 15.2 Å². The number of methoxy groups -OCH3 is 1. The molecule has 0 unspecified atom stereocenters. The molecule has 21 heavy (non-hydrogen) atoms. The summed E-state index contributed by atoms with van der Waals surface area (Å²) in [6.45, 7) is 3.82. The first-order valence-electron chi connectivity index (χ1n) is 6.35. The molecule has 0 aromatic heterocycles. The van der Waals surface area contributed by atoms with Crippen molar-refractivity contribution in [1.82, 2.24) is 0 Å². The van der Waals surface area contributed by atoms with Crippen LogP contribution < -0.4 is 10.5 Å². The summed E-state index contributed by atoms with van der Waals surface area (Å²) in [6, 6.07) is 9.14. The summed E-state index contributed by atoms with van der Waals surface area (Å²) in [6.07, 6.45) is 0. The lowest BCUT2D eigenvalue weighted by molar-refractivity contribution is 0.0601. The Morgan fingerprint density at radius 2 is 1.90 bits per heavy atom. The highest BCUT2D eigenvalue weighted by molar-refractivity contribution is 9.10. The predicted octanol–water partition coefficient (Wildman–Crippen LogP) is 4.23. The van der Waals surface area contributed by atoms with Crippen molar-refractivity contribution in [2.24, 2.45) is 0 Å². The van der Waals surface area contributed by atoms with Crippen LogP contribution in [0, 0.1) is 13.8 Å². The zero-order chi connectivity index (χ0) is 15.6. The van der Waals surface area contributed by atoms with Gasteiger partial charge in [0.25, 0.3) is 0 Å². The van der Waals surface area contributed by atoms with E-state index < -0.39 is 5.97 Å². The number of carbonyl (C=O) groups excluding carboxylic acids is 1. The molecule has 0 aliphatic rings. The fourth-order valence-electron chi connectivity index (χ4n) is 1.92. The molecule has 0 fully saturated rings. The molecule has 0 aliphatic heterocycles. The summed E-state index contributed by atoms with van der Waals surface area (Å²) in [7, 11) is 1.32. The van der Waals surface area contributed by atoms with Crippen molar-refractivity contribution in [2.45, 2.75) is 13.8 Å². The van der Waals surface area contributed by atoms with Crippen LogP contribution in [0.25, 0.3) is 0 Å². The Balaban J connectivity index is 2.40. The molecule has 0 saturated carbocycles. The van der Waals surface area contributed by atoms with Crippen LogP contribution in [0.5, 0.6) is 11.5 Å². The zero-order valence-corrected chi connectivity index (χ0v) is 13.7. The predicted molar refractivity (Wildman–Crippen MR) is 85.9 cm³/mol. The standard InChI is InChI=1S/C16H16BrNO3/c1-9-4-5-14(13(17)6-9)21-11-7-10(2)15(18)12(8-11)16(19)20-3/h4-8H,18H2,1-3H3. The van der Waals surface area contributed by atoms with Crippen molar-refractivity contribution in [3.8, 4) is 11.5 Å². The second-order valence-electron chi connectivity index (χ2n) is 4.73. The van der Waals surface area contributed by atoms with Crippen molar-refractivity contribution < 1.29 is 14.3 Å². The molecule has 4 nitrogen and oxygen atoms in total. The molecule has 2 N–H and O–H groups in total. The Bertz CT molecular complexity index is 698. The quantitative estimate of drug-likeness (QED) is 0.665. The molecule has 5 heteroatoms. The van der Waals surface area contributed by atoms with Gasteiger partial charge in [-0.25, -0.2) is 4.79 Å². The van der Waals surface area contributed by atoms with Crippen LogP contribution in [0.2, 0.25) is 0 Å². The smallest absolute Gasteiger partial charge is 0.340 e. The van der Waals surface area contributed by atoms with Gasteiger partial charge in [-0.1, -0.05) is 6.07 Å². The highest BCUT2D eigenvalue weighted by Crippen LogP contribution is 2.33. The number of aryl methyl sites for hydroxylation is 2. The number of carbonyl (C=O) groups is 1. The summed E-state index contributed by atoms with van der Waals surface area (Å²) in [5, 5.41) is 0. The lowest BCUT2D eigenvalue weighted by Crippen LogP contribution is -2.07. The van der Waals surface area contributed by atoms with Gasteiger partial charge in [-0.15, -0.1) is 0 Å². The highest BCUT2D eigenvalue weighted by Gasteiger charge is 2.15. The lowest BCUT2D eigenvalue weighted by Gasteiger charge is -2.12. The second-order valence-corrected chi connectivity index (χ2v) is 5.58. The number of anilines is 1. The number of hydrogen-bond donors (Lipinski definition) is 1. The van der Waals surface area contributed by atoms with Crippen LogP contribution in [0.3, 0.4) is 0 Å². The second kappa shape index (κ2) is 6.18. The maximum Gasteiger partial charge on any atom is 0.340 e. The molecule has 2 aromatic carbocycles. The molecule has 110 valence electrons. The van der Waals surface area contributed by atoms with E-state index in [1.54, 1.807) is 12.1 Å². The Labute approximate surface area is 132 Å². The van der Waals surface area contributed by atoms with E-state index in [4.69, 9.17) is 15.2 Å². The van der Waals surface area contributed by atoms with Crippen LogP contribution in [0.4, 0.5) is 5.69 Å². The number of rotatable bonds is 3. The fraction of sp³-hybridized carbons (Fsp3) is 0.188. The van der Waals surface area contributed by atoms with E-state index in [1.165, 1.54) is 7.11 Å². The maximum absolute atomic E-state index is 11.7. The summed E-state index contributed by atoms with van der Waals surface area (Å²) in [5.41, 5.74) is 8.49. The van der Waals surface area contributed by atoms with Crippen LogP contribution >= 0.6 is 15.9 Å². The Morgan fingerprint density at radius 3 is 2.52 bits per heavy atom. The van der Waals surface area contributed by atoms with Crippen LogP contribution in [-0.4, -0.2) is 13.1 Å². The fourth-order valence-corrected chi connectivity index (χ4v) is 2.49. The van der Waals surface area contributed by atoms with Crippen LogP contribution in [0.1, 0.15) is 21.5 Å². The third-order valence-electron chi connectivity index (χ3n) is 3.08. The number of hydrogen-bond acceptors (Lipinski definition) is 4. The number of nitrogens with two attached hydrogens (primary N) is 1. The number of benzene rings is 2. The summed E-state index contributed by atoms with van der Waals surface area (Å²) >= 11 is 3.46. The largest absolute Gasteiger partial charge is 0.465 e. The average Bonchev–Trinajstić information content (AvgIpc) is 2.44. The minimum absolute atomic E-state index is 0.302. The van der Waals surface area contributed by atoms with Crippen molar-refractivity contribution >= 4 is 27.6 Å². The van der Waals surface area contributed by atoms with E-state index in [1.807, 2.05) is 32.0 Å². The van der Waals surface area contributed by atoms with Crippen LogP contribution in [0.15, 0.2) is 34.8 Å². The minimum atomic E-state index is -0.482. The van der Waals surface area contributed by atoms with E-state index in [9.17, 15) is 4.79 Å². The van der Waals surface area contributed by atoms with E-state index in [2.05, 4.69) is 15.9 Å². The Hall–Kier alpha value is -2.01. The topological polar surface area (TPSA) is 61.5 Å². The number of esters is 1. The van der Waals surface area contributed by atoms with Gasteiger partial charge in [0, 0.05) is 5.69 Å². The SMILES string of the molecule is COC(=O)c1cc(Oc2ccc(C)cc2Br)cc(C)c1N. The maximum atomic E-state index is 11.7. The first-order chi connectivity index (χ1) is 9.92. The number of halogens is 1. The molecule has 0 amide bonds. The van der Waals surface area contributed by atoms with E-state index in [-0.39, 0.29) is 0 Å². The minimum Gasteiger partial charge on any atom is -0.465 e. The van der Waals surface area contributed by atoms with Crippen molar-refractivity contribution in [3.63, 3.8) is 0 Å². The van der Waals surface area contributed by atoms with Gasteiger partial charge in [-0.05, 0) is 65.2 Å². The molecule has 2 aromatic rings. The molecule has 0 aliphatic carbocycles. The first-order valence-corrected chi connectivity index (χ1v) is 7.14. The first kappa shape index (κ1) is 15.4. The average molecular weight is 350 g/mol. The number of ether oxygens (including phenoxy) is 2. The normalized spacial score (nSPS) is 10.3. The lowest BCUT2D eigenvalue weighted by atomic mass is 10.1. The van der Waals surface area contributed by atoms with Gasteiger partial charge >= 0.3 is 5.97 Å². The van der Waals surface area contributed by atoms with Gasteiger partial charge in [0.05, 0.1) is 17.1 Å². The third kappa shape index (κ3) is 3.36. The van der Waals surface area contributed by atoms with E-state index >= 15 is 0 Å².